The van der Waals surface area contributed by atoms with Crippen molar-refractivity contribution in [3.8, 4) is 0 Å². The molecule has 0 amide bonds. The Morgan fingerprint density at radius 2 is 0.878 bits per heavy atom. The van der Waals surface area contributed by atoms with Gasteiger partial charge in [-0.25, -0.2) is 0 Å². The maximum absolute atomic E-state index is 2.43. The molecule has 4 aromatic carbocycles. The Hall–Kier alpha value is -2.16. The largest absolute Gasteiger partial charge is 1.00 e. The Morgan fingerprint density at radius 3 is 1.29 bits per heavy atom. The molecule has 0 spiro atoms. The van der Waals surface area contributed by atoms with Gasteiger partial charge in [0, 0.05) is 19.3 Å². The highest BCUT2D eigenvalue weighted by atomic mass is 127. The van der Waals surface area contributed by atoms with Crippen LogP contribution in [-0.4, -0.2) is 13.6 Å². The number of anilines is 1. The molecule has 3 heteroatoms. The molecule has 0 N–H and O–H groups in total. The summed E-state index contributed by atoms with van der Waals surface area (Å²) in [6.07, 6.45) is 14.9. The SMILES string of the molecule is CCCCCCCCCCCCN(C)c1ccc(C[P+](c2ccccc2)(c2ccccc2)c2ccccc2)cc1.[I-]. The van der Waals surface area contributed by atoms with E-state index in [0.29, 0.717) is 0 Å². The fourth-order valence-electron chi connectivity index (χ4n) is 5.86. The summed E-state index contributed by atoms with van der Waals surface area (Å²) in [5.74, 6) is 0. The van der Waals surface area contributed by atoms with Crippen molar-refractivity contribution in [3.05, 3.63) is 121 Å². The van der Waals surface area contributed by atoms with Crippen LogP contribution in [0.1, 0.15) is 76.7 Å². The number of hydrogen-bond donors (Lipinski definition) is 0. The first-order valence-electron chi connectivity index (χ1n) is 15.6. The highest BCUT2D eigenvalue weighted by Crippen LogP contribution is 2.58. The fraction of sp³-hybridized carbons (Fsp3) is 0.368. The highest BCUT2D eigenvalue weighted by molar-refractivity contribution is 7.95. The van der Waals surface area contributed by atoms with Gasteiger partial charge >= 0.3 is 0 Å². The van der Waals surface area contributed by atoms with E-state index in [0.717, 1.165) is 12.7 Å². The van der Waals surface area contributed by atoms with Crippen molar-refractivity contribution in [1.82, 2.24) is 0 Å². The third-order valence-electron chi connectivity index (χ3n) is 8.23. The normalized spacial score (nSPS) is 11.2. The second kappa shape index (κ2) is 18.4. The van der Waals surface area contributed by atoms with Gasteiger partial charge < -0.3 is 28.9 Å². The molecule has 0 radical (unpaired) electrons. The van der Waals surface area contributed by atoms with Crippen LogP contribution >= 0.6 is 7.26 Å². The number of benzene rings is 4. The van der Waals surface area contributed by atoms with Gasteiger partial charge in [0.2, 0.25) is 0 Å². The van der Waals surface area contributed by atoms with Crippen LogP contribution in [0.2, 0.25) is 0 Å². The van der Waals surface area contributed by atoms with Crippen molar-refractivity contribution in [2.45, 2.75) is 77.3 Å². The molecule has 0 aliphatic rings. The van der Waals surface area contributed by atoms with E-state index in [1.165, 1.54) is 91.4 Å². The highest BCUT2D eigenvalue weighted by Gasteiger charge is 2.45. The number of rotatable bonds is 17. The lowest BCUT2D eigenvalue weighted by atomic mass is 10.1. The van der Waals surface area contributed by atoms with Crippen LogP contribution in [0.15, 0.2) is 115 Å². The van der Waals surface area contributed by atoms with Crippen LogP contribution in [0.5, 0.6) is 0 Å². The van der Waals surface area contributed by atoms with Gasteiger partial charge in [0.25, 0.3) is 0 Å². The van der Waals surface area contributed by atoms with E-state index >= 15 is 0 Å². The van der Waals surface area contributed by atoms with Crippen LogP contribution in [0, 0.1) is 0 Å². The smallest absolute Gasteiger partial charge is 0.116 e. The minimum Gasteiger partial charge on any atom is -1.00 e. The molecule has 0 aliphatic heterocycles. The third kappa shape index (κ3) is 9.69. The molecule has 0 aliphatic carbocycles. The summed E-state index contributed by atoms with van der Waals surface area (Å²) in [6.45, 7) is 3.42. The molecule has 0 fully saturated rings. The van der Waals surface area contributed by atoms with Crippen molar-refractivity contribution in [1.29, 1.82) is 0 Å². The topological polar surface area (TPSA) is 3.24 Å². The summed E-state index contributed by atoms with van der Waals surface area (Å²) in [7, 11) is 0.381. The number of nitrogens with zero attached hydrogens (tertiary/aromatic N) is 1. The minimum absolute atomic E-state index is 0. The zero-order valence-corrected chi connectivity index (χ0v) is 28.3. The number of halogens is 1. The third-order valence-corrected chi connectivity index (χ3v) is 12.6. The molecule has 4 aromatic rings. The monoisotopic (exact) mass is 677 g/mol. The summed E-state index contributed by atoms with van der Waals surface area (Å²) in [6, 6.07) is 43.0. The van der Waals surface area contributed by atoms with Crippen molar-refractivity contribution in [3.63, 3.8) is 0 Å². The van der Waals surface area contributed by atoms with E-state index < -0.39 is 7.26 Å². The Labute approximate surface area is 268 Å². The lowest BCUT2D eigenvalue weighted by molar-refractivity contribution is -0.00000813. The molecule has 0 unspecified atom stereocenters. The van der Waals surface area contributed by atoms with E-state index in [4.69, 9.17) is 0 Å². The second-order valence-corrected chi connectivity index (χ2v) is 14.7. The standard InChI is InChI=1S/C38H49NP.HI/c1-3-4-5-6-7-8-9-10-11-21-32-39(2)35-30-28-34(29-31-35)33-40(36-22-15-12-16-23-36,37-24-17-13-18-25-37)38-26-19-14-20-27-38;/h12-20,22-31H,3-11,21,32-33H2,1-2H3;1H/q+1;/p-1. The van der Waals surface area contributed by atoms with Gasteiger partial charge in [-0.3, -0.25) is 0 Å². The molecular weight excluding hydrogens is 628 g/mol. The van der Waals surface area contributed by atoms with E-state index in [1.807, 2.05) is 0 Å². The van der Waals surface area contributed by atoms with Crippen LogP contribution in [0.3, 0.4) is 0 Å². The molecule has 0 heterocycles. The van der Waals surface area contributed by atoms with E-state index in [2.05, 4.69) is 134 Å². The van der Waals surface area contributed by atoms with Gasteiger partial charge in [-0.05, 0) is 60.5 Å². The second-order valence-electron chi connectivity index (χ2n) is 11.2. The van der Waals surface area contributed by atoms with E-state index in [1.54, 1.807) is 0 Å². The van der Waals surface area contributed by atoms with Crippen LogP contribution in [0.25, 0.3) is 0 Å². The summed E-state index contributed by atoms with van der Waals surface area (Å²) >= 11 is 0. The molecule has 41 heavy (non-hydrogen) atoms. The number of unbranched alkanes of at least 4 members (excludes halogenated alkanes) is 9. The summed E-state index contributed by atoms with van der Waals surface area (Å²) in [4.78, 5) is 2.43. The Kier molecular flexibility index (Phi) is 15.0. The molecule has 0 atom stereocenters. The predicted octanol–water partition coefficient (Wildman–Crippen LogP) is 6.54. The summed E-state index contributed by atoms with van der Waals surface area (Å²) in [5, 5.41) is 4.32. The molecule has 0 saturated carbocycles. The maximum atomic E-state index is 2.43. The molecule has 218 valence electrons. The molecule has 0 bridgehead atoms. The van der Waals surface area contributed by atoms with Crippen LogP contribution in [0.4, 0.5) is 5.69 Å². The van der Waals surface area contributed by atoms with Gasteiger partial charge in [0.05, 0.1) is 6.16 Å². The van der Waals surface area contributed by atoms with Crippen LogP contribution < -0.4 is 44.8 Å². The van der Waals surface area contributed by atoms with Gasteiger partial charge in [-0.1, -0.05) is 131 Å². The average Bonchev–Trinajstić information content (AvgIpc) is 3.02. The molecule has 1 nitrogen and oxygen atoms in total. The number of hydrogen-bond acceptors (Lipinski definition) is 1. The molecular formula is C38H49INP. The summed E-state index contributed by atoms with van der Waals surface area (Å²) in [5.41, 5.74) is 2.73. The minimum atomic E-state index is -1.87. The average molecular weight is 678 g/mol. The first-order chi connectivity index (χ1) is 19.7. The molecule has 4 rings (SSSR count). The van der Waals surface area contributed by atoms with Gasteiger partial charge in [-0.15, -0.1) is 0 Å². The predicted molar refractivity (Wildman–Crippen MR) is 180 cm³/mol. The first kappa shape index (κ1) is 33.3. The van der Waals surface area contributed by atoms with E-state index in [-0.39, 0.29) is 24.0 Å². The summed E-state index contributed by atoms with van der Waals surface area (Å²) < 4.78 is 0. The van der Waals surface area contributed by atoms with Gasteiger partial charge in [-0.2, -0.15) is 0 Å². The lowest BCUT2D eigenvalue weighted by Crippen LogP contribution is -3.00. The lowest BCUT2D eigenvalue weighted by Gasteiger charge is -2.28. The van der Waals surface area contributed by atoms with Crippen LogP contribution in [-0.2, 0) is 6.16 Å². The van der Waals surface area contributed by atoms with E-state index in [9.17, 15) is 0 Å². The Morgan fingerprint density at radius 1 is 0.488 bits per heavy atom. The van der Waals surface area contributed by atoms with Crippen molar-refractivity contribution < 1.29 is 24.0 Å². The molecule has 0 aromatic heterocycles. The quantitative estimate of drug-likeness (QED) is 0.0698. The van der Waals surface area contributed by atoms with Crippen molar-refractivity contribution in [2.24, 2.45) is 0 Å². The Bertz CT molecular complexity index is 1110. The Balaban J connectivity index is 0.00000462. The van der Waals surface area contributed by atoms with Crippen molar-refractivity contribution in [2.75, 3.05) is 18.5 Å². The zero-order valence-electron chi connectivity index (χ0n) is 25.2. The van der Waals surface area contributed by atoms with Crippen molar-refractivity contribution >= 4 is 28.9 Å². The maximum Gasteiger partial charge on any atom is 0.116 e. The zero-order chi connectivity index (χ0) is 27.9. The molecule has 0 saturated heterocycles. The first-order valence-corrected chi connectivity index (χ1v) is 17.6. The van der Waals surface area contributed by atoms with Gasteiger partial charge in [0.15, 0.2) is 0 Å². The fourth-order valence-corrected chi connectivity index (χ4v) is 10.1. The van der Waals surface area contributed by atoms with Gasteiger partial charge in [0.1, 0.15) is 23.2 Å².